The summed E-state index contributed by atoms with van der Waals surface area (Å²) >= 11 is 17.8. The third-order valence-electron chi connectivity index (χ3n) is 3.71. The second kappa shape index (κ2) is 9.83. The number of amides is 1. The number of nitrogens with zero attached hydrogens (tertiary/aromatic N) is 1. The number of benzene rings is 1. The van der Waals surface area contributed by atoms with E-state index in [2.05, 4.69) is 24.1 Å². The normalized spacial score (nSPS) is 18.4. The molecule has 5 nitrogen and oxygen atoms in total. The Bertz CT molecular complexity index is 599. The lowest BCUT2D eigenvalue weighted by Crippen LogP contribution is -2.48. The molecule has 1 N–H and O–H groups in total. The molecular weight excluding hydrogens is 387 g/mol. The van der Waals surface area contributed by atoms with Crippen molar-refractivity contribution in [3.05, 3.63) is 27.2 Å². The quantitative estimate of drug-likeness (QED) is 0.700. The molecule has 2 rings (SSSR count). The fourth-order valence-corrected chi connectivity index (χ4v) is 3.21. The molecular formula is C17H23Cl3N2O3. The molecule has 1 heterocycles. The van der Waals surface area contributed by atoms with Crippen LogP contribution in [0.15, 0.2) is 12.1 Å². The largest absolute Gasteiger partial charge is 0.482 e. The van der Waals surface area contributed by atoms with Gasteiger partial charge in [0.05, 0.1) is 27.8 Å². The third-order valence-corrected chi connectivity index (χ3v) is 4.72. The van der Waals surface area contributed by atoms with Gasteiger partial charge in [0.1, 0.15) is 5.75 Å². The van der Waals surface area contributed by atoms with E-state index >= 15 is 0 Å². The molecule has 1 atom stereocenters. The summed E-state index contributed by atoms with van der Waals surface area (Å²) in [7, 11) is 0. The fraction of sp³-hybridized carbons (Fsp3) is 0.588. The molecule has 25 heavy (non-hydrogen) atoms. The number of hydrogen-bond acceptors (Lipinski definition) is 4. The van der Waals surface area contributed by atoms with Gasteiger partial charge in [-0.25, -0.2) is 0 Å². The molecule has 1 amide bonds. The van der Waals surface area contributed by atoms with Crippen LogP contribution in [-0.2, 0) is 9.53 Å². The van der Waals surface area contributed by atoms with Gasteiger partial charge in [0.15, 0.2) is 6.61 Å². The maximum absolute atomic E-state index is 12.0. The molecule has 1 aromatic carbocycles. The van der Waals surface area contributed by atoms with Crippen molar-refractivity contribution in [2.45, 2.75) is 20.0 Å². The van der Waals surface area contributed by atoms with Crippen molar-refractivity contribution in [1.82, 2.24) is 10.2 Å². The summed E-state index contributed by atoms with van der Waals surface area (Å²) in [5.41, 5.74) is 0. The van der Waals surface area contributed by atoms with Crippen molar-refractivity contribution in [2.75, 3.05) is 39.4 Å². The van der Waals surface area contributed by atoms with Crippen LogP contribution in [-0.4, -0.2) is 56.3 Å². The number of halogens is 3. The molecule has 1 saturated heterocycles. The van der Waals surface area contributed by atoms with E-state index in [0.29, 0.717) is 39.9 Å². The van der Waals surface area contributed by atoms with Gasteiger partial charge in [0.25, 0.3) is 5.91 Å². The maximum Gasteiger partial charge on any atom is 0.258 e. The van der Waals surface area contributed by atoms with Crippen LogP contribution >= 0.6 is 34.8 Å². The van der Waals surface area contributed by atoms with Crippen molar-refractivity contribution in [3.63, 3.8) is 0 Å². The van der Waals surface area contributed by atoms with Crippen LogP contribution in [0, 0.1) is 5.92 Å². The fourth-order valence-electron chi connectivity index (χ4n) is 2.62. The van der Waals surface area contributed by atoms with E-state index in [1.807, 2.05) is 0 Å². The summed E-state index contributed by atoms with van der Waals surface area (Å²) in [6, 6.07) is 2.98. The molecule has 0 spiro atoms. The molecule has 0 saturated carbocycles. The summed E-state index contributed by atoms with van der Waals surface area (Å²) < 4.78 is 11.1. The van der Waals surface area contributed by atoms with Crippen LogP contribution in [0.3, 0.4) is 0 Å². The molecule has 0 bridgehead atoms. The summed E-state index contributed by atoms with van der Waals surface area (Å²) in [4.78, 5) is 14.3. The van der Waals surface area contributed by atoms with Gasteiger partial charge in [-0.05, 0) is 12.0 Å². The minimum atomic E-state index is -0.244. The van der Waals surface area contributed by atoms with Gasteiger partial charge < -0.3 is 14.8 Å². The van der Waals surface area contributed by atoms with Crippen LogP contribution < -0.4 is 10.1 Å². The zero-order valence-electron chi connectivity index (χ0n) is 14.4. The molecule has 140 valence electrons. The first-order chi connectivity index (χ1) is 11.8. The standard InChI is InChI=1S/C17H23Cl3N2O3/c1-11(2)8-22-3-4-24-12(9-22)7-21-17(23)10-25-16-6-14(19)13(18)5-15(16)20/h5-6,11-12H,3-4,7-10H2,1-2H3,(H,21,23). The van der Waals surface area contributed by atoms with Crippen molar-refractivity contribution >= 4 is 40.7 Å². The van der Waals surface area contributed by atoms with Crippen LogP contribution in [0.4, 0.5) is 0 Å². The molecule has 1 aliphatic heterocycles. The van der Waals surface area contributed by atoms with E-state index < -0.39 is 0 Å². The second-order valence-electron chi connectivity index (χ2n) is 6.44. The Morgan fingerprint density at radius 2 is 2.04 bits per heavy atom. The predicted octanol–water partition coefficient (Wildman–Crippen LogP) is 3.50. The van der Waals surface area contributed by atoms with E-state index in [-0.39, 0.29) is 18.6 Å². The van der Waals surface area contributed by atoms with Crippen LogP contribution in [0.25, 0.3) is 0 Å². The Morgan fingerprint density at radius 1 is 1.32 bits per heavy atom. The van der Waals surface area contributed by atoms with Crippen molar-refractivity contribution < 1.29 is 14.3 Å². The summed E-state index contributed by atoms with van der Waals surface area (Å²) in [5, 5.41) is 3.79. The Morgan fingerprint density at radius 3 is 2.76 bits per heavy atom. The van der Waals surface area contributed by atoms with Crippen LogP contribution in [0.2, 0.25) is 15.1 Å². The minimum Gasteiger partial charge on any atom is -0.482 e. The molecule has 0 aliphatic carbocycles. The molecule has 0 radical (unpaired) electrons. The number of rotatable bonds is 7. The lowest BCUT2D eigenvalue weighted by Gasteiger charge is -2.33. The van der Waals surface area contributed by atoms with E-state index in [9.17, 15) is 4.79 Å². The Labute approximate surface area is 163 Å². The van der Waals surface area contributed by atoms with E-state index in [4.69, 9.17) is 44.3 Å². The van der Waals surface area contributed by atoms with Gasteiger partial charge in [-0.2, -0.15) is 0 Å². The second-order valence-corrected chi connectivity index (χ2v) is 7.66. The molecule has 8 heteroatoms. The smallest absolute Gasteiger partial charge is 0.258 e. The summed E-state index contributed by atoms with van der Waals surface area (Å²) in [6.45, 7) is 8.15. The highest BCUT2D eigenvalue weighted by atomic mass is 35.5. The lowest BCUT2D eigenvalue weighted by atomic mass is 10.2. The number of carbonyl (C=O) groups excluding carboxylic acids is 1. The molecule has 1 aromatic rings. The Hall–Kier alpha value is -0.720. The monoisotopic (exact) mass is 408 g/mol. The Balaban J connectivity index is 1.74. The van der Waals surface area contributed by atoms with Crippen molar-refractivity contribution in [3.8, 4) is 5.75 Å². The average molecular weight is 410 g/mol. The van der Waals surface area contributed by atoms with Gasteiger partial charge in [-0.3, -0.25) is 9.69 Å². The van der Waals surface area contributed by atoms with Crippen molar-refractivity contribution in [1.29, 1.82) is 0 Å². The first-order valence-corrected chi connectivity index (χ1v) is 9.36. The minimum absolute atomic E-state index is 0.00925. The first kappa shape index (κ1) is 20.6. The summed E-state index contributed by atoms with van der Waals surface area (Å²) in [6.07, 6.45) is -0.00925. The third kappa shape index (κ3) is 6.83. The number of carbonyl (C=O) groups is 1. The van der Waals surface area contributed by atoms with E-state index in [1.54, 1.807) is 0 Å². The first-order valence-electron chi connectivity index (χ1n) is 8.23. The highest BCUT2D eigenvalue weighted by Crippen LogP contribution is 2.33. The lowest BCUT2D eigenvalue weighted by molar-refractivity contribution is -0.124. The van der Waals surface area contributed by atoms with Gasteiger partial charge in [-0.15, -0.1) is 0 Å². The molecule has 1 aliphatic rings. The van der Waals surface area contributed by atoms with E-state index in [0.717, 1.165) is 19.6 Å². The van der Waals surface area contributed by atoms with Crippen LogP contribution in [0.1, 0.15) is 13.8 Å². The number of hydrogen-bond donors (Lipinski definition) is 1. The SMILES string of the molecule is CC(C)CN1CCOC(CNC(=O)COc2cc(Cl)c(Cl)cc2Cl)C1. The predicted molar refractivity (Wildman–Crippen MR) is 101 cm³/mol. The Kier molecular flexibility index (Phi) is 8.10. The van der Waals surface area contributed by atoms with Crippen molar-refractivity contribution in [2.24, 2.45) is 5.92 Å². The zero-order chi connectivity index (χ0) is 18.4. The molecule has 0 aromatic heterocycles. The number of morpholine rings is 1. The van der Waals surface area contributed by atoms with Gasteiger partial charge in [0.2, 0.25) is 0 Å². The van der Waals surface area contributed by atoms with Crippen LogP contribution in [0.5, 0.6) is 5.75 Å². The average Bonchev–Trinajstić information content (AvgIpc) is 2.55. The molecule has 1 fully saturated rings. The van der Waals surface area contributed by atoms with Gasteiger partial charge >= 0.3 is 0 Å². The topological polar surface area (TPSA) is 50.8 Å². The summed E-state index contributed by atoms with van der Waals surface area (Å²) in [5.74, 6) is 0.688. The highest BCUT2D eigenvalue weighted by molar-refractivity contribution is 6.43. The molecule has 1 unspecified atom stereocenters. The maximum atomic E-state index is 12.0. The van der Waals surface area contributed by atoms with E-state index in [1.165, 1.54) is 12.1 Å². The number of ether oxygens (including phenoxy) is 2. The van der Waals surface area contributed by atoms with Gasteiger partial charge in [0, 0.05) is 32.2 Å². The zero-order valence-corrected chi connectivity index (χ0v) is 16.6. The number of nitrogens with one attached hydrogen (secondary N) is 1. The van der Waals surface area contributed by atoms with Gasteiger partial charge in [-0.1, -0.05) is 48.7 Å². The highest BCUT2D eigenvalue weighted by Gasteiger charge is 2.21.